The Morgan fingerprint density at radius 3 is 2.17 bits per heavy atom. The third-order valence-electron chi connectivity index (χ3n) is 4.21. The Bertz CT molecular complexity index is 912. The first-order valence-corrected chi connectivity index (χ1v) is 9.20. The minimum absolute atomic E-state index is 0.0145. The Morgan fingerprint density at radius 2 is 1.60 bits per heavy atom. The van der Waals surface area contributed by atoms with Crippen LogP contribution in [0.15, 0.2) is 48.5 Å². The lowest BCUT2D eigenvalue weighted by molar-refractivity contribution is -0.137. The first-order valence-electron chi connectivity index (χ1n) is 9.20. The lowest BCUT2D eigenvalue weighted by Crippen LogP contribution is -2.38. The van der Waals surface area contributed by atoms with Crippen LogP contribution in [0, 0.1) is 0 Å². The summed E-state index contributed by atoms with van der Waals surface area (Å²) in [5.74, 6) is -1.28. The maximum Gasteiger partial charge on any atom is 0.418 e. The number of amides is 3. The lowest BCUT2D eigenvalue weighted by Gasteiger charge is -2.21. The normalized spacial score (nSPS) is 11.0. The number of hydrogen-bond acceptors (Lipinski definition) is 3. The first-order chi connectivity index (χ1) is 14.1. The predicted octanol–water partition coefficient (Wildman–Crippen LogP) is 3.69. The molecule has 3 amide bonds. The molecule has 2 N–H and O–H groups in total. The quantitative estimate of drug-likeness (QED) is 0.716. The van der Waals surface area contributed by atoms with Gasteiger partial charge >= 0.3 is 6.18 Å². The van der Waals surface area contributed by atoms with E-state index in [0.29, 0.717) is 11.3 Å². The number of alkyl halides is 3. The van der Waals surface area contributed by atoms with Crippen molar-refractivity contribution in [3.63, 3.8) is 0 Å². The van der Waals surface area contributed by atoms with Crippen molar-refractivity contribution in [1.82, 2.24) is 4.90 Å². The Balaban J connectivity index is 2.00. The standard InChI is InChI=1S/C21H22F3N3O3/c1-3-27(20(30)12-15-8-10-16(11-9-15)25-14(2)28)13-19(29)26-18-7-5-4-6-17(18)21(22,23)24/h4-11H,3,12-13H2,1-2H3,(H,25,28)(H,26,29). The SMILES string of the molecule is CCN(CC(=O)Nc1ccccc1C(F)(F)F)C(=O)Cc1ccc(NC(C)=O)cc1. The van der Waals surface area contributed by atoms with E-state index >= 15 is 0 Å². The van der Waals surface area contributed by atoms with Gasteiger partial charge in [-0.2, -0.15) is 13.2 Å². The molecule has 0 radical (unpaired) electrons. The summed E-state index contributed by atoms with van der Waals surface area (Å²) in [6.07, 6.45) is -4.59. The Kier molecular flexibility index (Phi) is 7.57. The van der Waals surface area contributed by atoms with E-state index in [0.717, 1.165) is 12.1 Å². The van der Waals surface area contributed by atoms with Gasteiger partial charge in [0.25, 0.3) is 0 Å². The average Bonchev–Trinajstić information content (AvgIpc) is 2.66. The fraction of sp³-hybridized carbons (Fsp3) is 0.286. The molecule has 2 aromatic rings. The first kappa shape index (κ1) is 22.9. The van der Waals surface area contributed by atoms with Crippen molar-refractivity contribution in [3.8, 4) is 0 Å². The van der Waals surface area contributed by atoms with Gasteiger partial charge in [-0.05, 0) is 36.8 Å². The summed E-state index contributed by atoms with van der Waals surface area (Å²) in [6.45, 7) is 2.91. The molecule has 0 aliphatic carbocycles. The van der Waals surface area contributed by atoms with Gasteiger partial charge in [0.15, 0.2) is 0 Å². The molecule has 0 spiro atoms. The number of nitrogens with zero attached hydrogens (tertiary/aromatic N) is 1. The minimum Gasteiger partial charge on any atom is -0.333 e. The van der Waals surface area contributed by atoms with Crippen molar-refractivity contribution in [2.24, 2.45) is 0 Å². The molecule has 0 saturated heterocycles. The largest absolute Gasteiger partial charge is 0.418 e. The highest BCUT2D eigenvalue weighted by Crippen LogP contribution is 2.34. The molecule has 0 fully saturated rings. The van der Waals surface area contributed by atoms with Gasteiger partial charge in [0, 0.05) is 19.2 Å². The van der Waals surface area contributed by atoms with Crippen LogP contribution in [-0.2, 0) is 27.0 Å². The third-order valence-corrected chi connectivity index (χ3v) is 4.21. The molecule has 0 bridgehead atoms. The second-order valence-electron chi connectivity index (χ2n) is 6.55. The van der Waals surface area contributed by atoms with Gasteiger partial charge in [-0.1, -0.05) is 24.3 Å². The van der Waals surface area contributed by atoms with Gasteiger partial charge in [-0.15, -0.1) is 0 Å². The second-order valence-corrected chi connectivity index (χ2v) is 6.55. The van der Waals surface area contributed by atoms with Gasteiger partial charge in [-0.25, -0.2) is 0 Å². The molecule has 0 aliphatic heterocycles. The highest BCUT2D eigenvalue weighted by molar-refractivity contribution is 5.95. The van der Waals surface area contributed by atoms with Crippen molar-refractivity contribution in [2.75, 3.05) is 23.7 Å². The summed E-state index contributed by atoms with van der Waals surface area (Å²) in [4.78, 5) is 37.1. The average molecular weight is 421 g/mol. The van der Waals surface area contributed by atoms with Crippen LogP contribution in [0.1, 0.15) is 25.0 Å². The number of carbonyl (C=O) groups is 3. The molecule has 2 rings (SSSR count). The third kappa shape index (κ3) is 6.61. The van der Waals surface area contributed by atoms with Crippen molar-refractivity contribution >= 4 is 29.1 Å². The fourth-order valence-corrected chi connectivity index (χ4v) is 2.77. The predicted molar refractivity (Wildman–Crippen MR) is 107 cm³/mol. The van der Waals surface area contributed by atoms with Gasteiger partial charge in [0.1, 0.15) is 0 Å². The van der Waals surface area contributed by atoms with Gasteiger partial charge in [0.2, 0.25) is 17.7 Å². The Morgan fingerprint density at radius 1 is 0.967 bits per heavy atom. The number of para-hydroxylation sites is 1. The molecule has 6 nitrogen and oxygen atoms in total. The topological polar surface area (TPSA) is 78.5 Å². The highest BCUT2D eigenvalue weighted by Gasteiger charge is 2.33. The van der Waals surface area contributed by atoms with E-state index in [4.69, 9.17) is 0 Å². The van der Waals surface area contributed by atoms with Crippen LogP contribution >= 0.6 is 0 Å². The molecule has 0 aliphatic rings. The molecule has 0 aromatic heterocycles. The number of rotatable bonds is 7. The van der Waals surface area contributed by atoms with E-state index in [1.807, 2.05) is 0 Å². The van der Waals surface area contributed by atoms with Crippen molar-refractivity contribution in [3.05, 3.63) is 59.7 Å². The zero-order valence-electron chi connectivity index (χ0n) is 16.5. The van der Waals surface area contributed by atoms with Crippen LogP contribution in [-0.4, -0.2) is 35.7 Å². The van der Waals surface area contributed by atoms with Crippen LogP contribution in [0.5, 0.6) is 0 Å². The maximum absolute atomic E-state index is 13.1. The van der Waals surface area contributed by atoms with Crippen molar-refractivity contribution in [2.45, 2.75) is 26.4 Å². The van der Waals surface area contributed by atoms with E-state index < -0.39 is 17.6 Å². The van der Waals surface area contributed by atoms with Crippen LogP contribution < -0.4 is 10.6 Å². The number of halogens is 3. The summed E-state index contributed by atoms with van der Waals surface area (Å²) < 4.78 is 39.2. The zero-order valence-corrected chi connectivity index (χ0v) is 16.5. The monoisotopic (exact) mass is 421 g/mol. The van der Waals surface area contributed by atoms with Crippen LogP contribution in [0.4, 0.5) is 24.5 Å². The molecule has 2 aromatic carbocycles. The zero-order chi connectivity index (χ0) is 22.3. The minimum atomic E-state index is -4.60. The Hall–Kier alpha value is -3.36. The molecule has 0 unspecified atom stereocenters. The number of carbonyl (C=O) groups excluding carboxylic acids is 3. The van der Waals surface area contributed by atoms with E-state index in [2.05, 4.69) is 10.6 Å². The highest BCUT2D eigenvalue weighted by atomic mass is 19.4. The number of likely N-dealkylation sites (N-methyl/N-ethyl adjacent to an activating group) is 1. The van der Waals surface area contributed by atoms with Crippen molar-refractivity contribution in [1.29, 1.82) is 0 Å². The van der Waals surface area contributed by atoms with Gasteiger partial charge in [-0.3, -0.25) is 14.4 Å². The van der Waals surface area contributed by atoms with Gasteiger partial charge in [0.05, 0.1) is 24.2 Å². The number of hydrogen-bond donors (Lipinski definition) is 2. The molecule has 30 heavy (non-hydrogen) atoms. The molecular formula is C21H22F3N3O3. The number of benzene rings is 2. The van der Waals surface area contributed by atoms with Gasteiger partial charge < -0.3 is 15.5 Å². The Labute approximate surface area is 172 Å². The molecule has 9 heteroatoms. The van der Waals surface area contributed by atoms with E-state index in [1.165, 1.54) is 24.0 Å². The summed E-state index contributed by atoms with van der Waals surface area (Å²) >= 11 is 0. The molecule has 160 valence electrons. The molecule has 0 atom stereocenters. The summed E-state index contributed by atoms with van der Waals surface area (Å²) in [6, 6.07) is 11.3. The number of nitrogens with one attached hydrogen (secondary N) is 2. The van der Waals surface area contributed by atoms with E-state index in [1.54, 1.807) is 31.2 Å². The smallest absolute Gasteiger partial charge is 0.333 e. The summed E-state index contributed by atoms with van der Waals surface area (Å²) in [7, 11) is 0. The molecule has 0 heterocycles. The molecular weight excluding hydrogens is 399 g/mol. The van der Waals surface area contributed by atoms with E-state index in [-0.39, 0.29) is 37.0 Å². The summed E-state index contributed by atoms with van der Waals surface area (Å²) in [5, 5.41) is 4.85. The van der Waals surface area contributed by atoms with E-state index in [9.17, 15) is 27.6 Å². The lowest BCUT2D eigenvalue weighted by atomic mass is 10.1. The van der Waals surface area contributed by atoms with Crippen LogP contribution in [0.3, 0.4) is 0 Å². The molecule has 0 saturated carbocycles. The maximum atomic E-state index is 13.1. The fourth-order valence-electron chi connectivity index (χ4n) is 2.77. The van der Waals surface area contributed by atoms with Crippen molar-refractivity contribution < 1.29 is 27.6 Å². The summed E-state index contributed by atoms with van der Waals surface area (Å²) in [5.41, 5.74) is -0.0387. The van der Waals surface area contributed by atoms with Crippen LogP contribution in [0.25, 0.3) is 0 Å². The van der Waals surface area contributed by atoms with Crippen LogP contribution in [0.2, 0.25) is 0 Å². The second kappa shape index (κ2) is 9.91. The number of anilines is 2.